The molecule has 9 saturated heterocycles. The van der Waals surface area contributed by atoms with Crippen molar-refractivity contribution in [3.63, 3.8) is 0 Å². The highest BCUT2D eigenvalue weighted by Crippen LogP contribution is 2.63. The Labute approximate surface area is 782 Å². The normalized spacial score (nSPS) is 36.9. The molecule has 6 bridgehead atoms. The van der Waals surface area contributed by atoms with Crippen molar-refractivity contribution in [3.05, 3.63) is 91.6 Å². The van der Waals surface area contributed by atoms with Crippen molar-refractivity contribution >= 4 is 238 Å². The fourth-order valence-electron chi connectivity index (χ4n) is 15.5. The Kier molecular flexibility index (Phi) is 26.4. The van der Waals surface area contributed by atoms with Crippen LogP contribution in [0.3, 0.4) is 0 Å². The second-order valence-corrected chi connectivity index (χ2v) is 51.0. The van der Waals surface area contributed by atoms with Gasteiger partial charge in [0.25, 0.3) is 16.7 Å². The zero-order chi connectivity index (χ0) is 93.8. The van der Waals surface area contributed by atoms with Crippen molar-refractivity contribution in [3.8, 4) is 0 Å². The molecule has 9 aliphatic heterocycles. The molecule has 58 nitrogen and oxygen atoms in total. The minimum Gasteiger partial charge on any atom is -0.397 e. The number of aliphatic hydroxyl groups is 3. The number of alkyl halides is 1. The summed E-state index contributed by atoms with van der Waals surface area (Å²) < 4.78 is 124. The van der Waals surface area contributed by atoms with Crippen LogP contribution in [0.4, 0.5) is 39.3 Å². The maximum absolute atomic E-state index is 16.0. The molecular formula is C59H70FN31O27P6S9. The lowest BCUT2D eigenvalue weighted by molar-refractivity contribution is -0.0499. The fourth-order valence-corrected chi connectivity index (χ4v) is 29.2. The Hall–Kier alpha value is -6.68. The van der Waals surface area contributed by atoms with Crippen LogP contribution in [0.5, 0.6) is 0 Å². The molecule has 9 aliphatic rings. The van der Waals surface area contributed by atoms with Crippen LogP contribution in [-0.2, 0) is 132 Å². The summed E-state index contributed by atoms with van der Waals surface area (Å²) in [4.78, 5) is 124. The number of aliphatic hydroxyl groups excluding tert-OH is 3. The van der Waals surface area contributed by atoms with Gasteiger partial charge < -0.3 is 120 Å². The molecule has 0 aromatic carbocycles. The number of ether oxygens (including phenoxy) is 3. The summed E-state index contributed by atoms with van der Waals surface area (Å²) >= 11 is 33.7. The van der Waals surface area contributed by atoms with Crippen LogP contribution in [0.25, 0.3) is 55.9 Å². The first-order chi connectivity index (χ1) is 63.1. The molecule has 0 spiro atoms. The quantitative estimate of drug-likeness (QED) is 0.0683. The lowest BCUT2D eigenvalue weighted by Gasteiger charge is -2.27. The van der Waals surface area contributed by atoms with Gasteiger partial charge in [0.05, 0.1) is 139 Å². The molecular weight excluding hydrogens is 2070 g/mol. The first-order valence-electron chi connectivity index (χ1n) is 38.6. The molecule has 28 atom stereocenters. The van der Waals surface area contributed by atoms with Crippen molar-refractivity contribution in [2.45, 2.75) is 143 Å². The van der Waals surface area contributed by atoms with E-state index in [4.69, 9.17) is 162 Å². The number of thiol groups is 1. The average Bonchev–Trinajstić information content (AvgIpc) is 1.61. The zero-order valence-corrected chi connectivity index (χ0v) is 79.2. The van der Waals surface area contributed by atoms with E-state index in [2.05, 4.69) is 109 Å². The number of nitrogens with zero attached hydrogens (tertiary/aromatic N) is 22. The molecule has 0 amide bonds. The van der Waals surface area contributed by atoms with E-state index >= 15 is 4.39 Å². The number of nitrogens with one attached hydrogen (secondary N) is 3. The summed E-state index contributed by atoms with van der Waals surface area (Å²) in [6.07, 6.45) is -11.4. The molecule has 133 heavy (non-hydrogen) atoms. The number of pyridine rings is 1. The number of hydrogen-bond acceptors (Lipinski definition) is 52. The van der Waals surface area contributed by atoms with Gasteiger partial charge in [0.1, 0.15) is 71.1 Å². The van der Waals surface area contributed by atoms with Crippen molar-refractivity contribution in [2.24, 2.45) is 0 Å². The van der Waals surface area contributed by atoms with Gasteiger partial charge in [-0.25, -0.2) is 47.0 Å². The molecule has 9 fully saturated rings. The third-order valence-electron chi connectivity index (χ3n) is 21.6. The summed E-state index contributed by atoms with van der Waals surface area (Å²) in [5.74, 6) is -0.595. The van der Waals surface area contributed by atoms with Gasteiger partial charge in [-0.15, -0.1) is 55.7 Å². The molecule has 0 saturated carbocycles. The number of thioether (sulfide) groups is 3. The van der Waals surface area contributed by atoms with E-state index < -0.39 is 200 Å². The highest BCUT2D eigenvalue weighted by atomic mass is 32.7. The maximum Gasteiger partial charge on any atom is 0.386 e. The molecule has 23 N–H and O–H groups in total. The first kappa shape index (κ1) is 95.2. The highest BCUT2D eigenvalue weighted by molar-refractivity contribution is 8.44. The number of aromatic nitrogens is 25. The van der Waals surface area contributed by atoms with E-state index in [0.717, 1.165) is 44.6 Å². The second kappa shape index (κ2) is 36.8. The van der Waals surface area contributed by atoms with Gasteiger partial charge in [0.15, 0.2) is 68.3 Å². The summed E-state index contributed by atoms with van der Waals surface area (Å²) in [6, 6.07) is 4.72. The molecule has 0 radical (unpaired) electrons. The topological polar surface area (TPSA) is 807 Å². The van der Waals surface area contributed by atoms with Crippen LogP contribution in [0, 0.1) is 0 Å². The number of H-pyrrole nitrogens is 3. The number of rotatable bonds is 6. The fraction of sp³-hybridized carbons (Fsp3) is 0.508. The van der Waals surface area contributed by atoms with Gasteiger partial charge in [-0.1, -0.05) is 33.1 Å². The van der Waals surface area contributed by atoms with E-state index in [1.807, 2.05) is 0 Å². The average molecular weight is 2140 g/mol. The molecule has 21 heterocycles. The number of nitrogens with two attached hydrogens (primary N) is 6. The molecule has 714 valence electrons. The van der Waals surface area contributed by atoms with Gasteiger partial charge in [0.2, 0.25) is 17.8 Å². The van der Waals surface area contributed by atoms with Crippen molar-refractivity contribution in [1.82, 2.24) is 124 Å². The van der Waals surface area contributed by atoms with Gasteiger partial charge >= 0.3 is 40.4 Å². The van der Waals surface area contributed by atoms with Gasteiger partial charge in [-0.3, -0.25) is 52.0 Å². The predicted octanol–water partition coefficient (Wildman–Crippen LogP) is -1.24. The van der Waals surface area contributed by atoms with E-state index in [9.17, 15) is 58.7 Å². The van der Waals surface area contributed by atoms with Crippen LogP contribution in [0.15, 0.2) is 63.6 Å². The maximum atomic E-state index is 16.0. The smallest absolute Gasteiger partial charge is 0.386 e. The Morgan fingerprint density at radius 3 is 1.20 bits per heavy atom. The number of halogens is 1. The monoisotopic (exact) mass is 2140 g/mol. The number of nitrogen functional groups attached to an aromatic ring is 6. The third-order valence-corrected chi connectivity index (χ3v) is 35.6. The summed E-state index contributed by atoms with van der Waals surface area (Å²) in [5.41, 5.74) is 36.2. The van der Waals surface area contributed by atoms with Crippen molar-refractivity contribution < 1.29 is 117 Å². The number of anilines is 6. The standard InChI is InChI=1S/2C20H24N10O9P2S3.C19H22FN11O9P2S3/c2*21-7-1-2-24-29-8(4-23-16(7)29)9-3-10-11(37-9)5-35-41(34,43)39-15-14(31)12(6-36-40(33,42)38-10)44-19(15)30-17-13(27-28-30)18(32)26-20(22)25-17;20-8-12-6(38-17(8)30-14-9(26-28-30)5(21)1-2-23-14)3-36-41(34,43)40-13-11(32)7(4-37-42(35,44)39-12)45-18(13)31-15-10(27-29-31)16(33)25-19(22)24-15/h2*1-2,4,9-12,14-15,19,31H,3,5-6,21H2,(H,33,42)(H,34,43)(H3,22,25,26,32);1-2,6-8,11-13,17-18,32H,3-4H2,(H2,21,23)(H,34,43)(H,35,44)(H3,22,24,25,33)/t2*9-,10+,11-,12-,14-,15-,19-,40?,41?;6-,7-,8+,11-,12-,13-,17-,18-,41?,42?/m111/s1. The Balaban J connectivity index is 0.000000129. The summed E-state index contributed by atoms with van der Waals surface area (Å²) in [5, 5.41) is 68.3. The van der Waals surface area contributed by atoms with E-state index in [1.54, 1.807) is 24.5 Å². The highest BCUT2D eigenvalue weighted by Gasteiger charge is 2.57. The largest absolute Gasteiger partial charge is 0.397 e. The van der Waals surface area contributed by atoms with Crippen LogP contribution in [-0.4, -0.2) is 299 Å². The number of aromatic amines is 3. The zero-order valence-electron chi connectivity index (χ0n) is 66.4. The van der Waals surface area contributed by atoms with Crippen molar-refractivity contribution in [2.75, 3.05) is 74.0 Å². The SMILES string of the molecule is Nc1nc2c(nnn2[C@@H]2S[C@@H]3COP(=O)(S)O[C@H]4[C@H](F)[C@H](n5nnc6c(N)ccnc65)O[C@@H]4COP(O)(=S)O[C@@H]2[C@@H]3O)c(=O)[nH]1.Nc1nc2c(nnn2[C@@H]2S[C@@H]3COP(O)(=S)O[C@H]4C[C@H](c5cnc6c(N)ccnn56)O[C@@H]4COP(O)(=S)O[C@@H]2[C@@H]3O)c(=O)[nH]1.Nc1nc2c(nnn2[C@@H]2S[C@@H]3COP(O)(=S)O[C@H]4C[C@H](c5cnc6c(N)ccnn56)O[C@@H]4COP(O)(=S)O[C@@H]2[C@@H]3O)c(=O)[nH]1. The molecule has 12 aromatic rings. The second-order valence-electron chi connectivity index (χ2n) is 30.1. The minimum absolute atomic E-state index is 0.00637. The predicted molar refractivity (Wildman–Crippen MR) is 482 cm³/mol. The van der Waals surface area contributed by atoms with Crippen LogP contribution in [0.2, 0.25) is 0 Å². The molecule has 12 aromatic heterocycles. The van der Waals surface area contributed by atoms with Crippen LogP contribution in [0.1, 0.15) is 58.8 Å². The molecule has 74 heteroatoms. The van der Waals surface area contributed by atoms with Gasteiger partial charge in [-0.05, 0) is 77.2 Å². The lowest BCUT2D eigenvalue weighted by Crippen LogP contribution is -2.35. The first-order valence-corrected chi connectivity index (χ1v) is 57.1. The summed E-state index contributed by atoms with van der Waals surface area (Å²) in [6.45, 7) is -26.9. The van der Waals surface area contributed by atoms with Gasteiger partial charge in [-0.2, -0.15) is 29.8 Å². The van der Waals surface area contributed by atoms with E-state index in [0.29, 0.717) is 34.1 Å². The number of hydrogen-bond donors (Lipinski definition) is 18. The van der Waals surface area contributed by atoms with E-state index in [1.165, 1.54) is 43.1 Å². The Bertz CT molecular complexity index is 6790. The number of imidazole rings is 2. The van der Waals surface area contributed by atoms with Crippen molar-refractivity contribution in [1.29, 1.82) is 0 Å². The minimum atomic E-state index is -4.36. The van der Waals surface area contributed by atoms with E-state index in [-0.39, 0.29) is 107 Å². The lowest BCUT2D eigenvalue weighted by atomic mass is 10.1. The third kappa shape index (κ3) is 19.2. The molecule has 21 rings (SSSR count). The Morgan fingerprint density at radius 1 is 0.429 bits per heavy atom. The summed E-state index contributed by atoms with van der Waals surface area (Å²) in [7, 11) is 0. The molecule has 6 unspecified atom stereocenters. The Morgan fingerprint density at radius 2 is 0.789 bits per heavy atom. The van der Waals surface area contributed by atoms with Gasteiger partial charge in [0, 0.05) is 19.0 Å². The molecule has 0 aliphatic carbocycles. The van der Waals surface area contributed by atoms with Crippen LogP contribution < -0.4 is 51.1 Å². The van der Waals surface area contributed by atoms with Crippen LogP contribution >= 0.6 is 87.9 Å². The number of fused-ring (bicyclic) bond motifs is 15.